The van der Waals surface area contributed by atoms with Gasteiger partial charge in [0.25, 0.3) is 0 Å². The summed E-state index contributed by atoms with van der Waals surface area (Å²) < 4.78 is 63.2. The van der Waals surface area contributed by atoms with Crippen molar-refractivity contribution in [3.8, 4) is 0 Å². The second kappa shape index (κ2) is 28.7. The van der Waals surface area contributed by atoms with Crippen LogP contribution in [0.5, 0.6) is 0 Å². The Morgan fingerprint density at radius 2 is 0.728 bits per heavy atom. The topological polar surface area (TPSA) is 212 Å². The second-order valence-electron chi connectivity index (χ2n) is 19.8. The molecular weight excluding hydrogens is 1100 g/mol. The summed E-state index contributed by atoms with van der Waals surface area (Å²) in [5, 5.41) is 0. The number of carbonyl (C=O) groups excluding carboxylic acids is 7. The van der Waals surface area contributed by atoms with Gasteiger partial charge in [0.1, 0.15) is 30.1 Å². The number of ether oxygens (including phenoxy) is 10. The van der Waals surface area contributed by atoms with E-state index in [0.29, 0.717) is 5.75 Å². The first-order valence-electron chi connectivity index (χ1n) is 26.0. The fourth-order valence-corrected chi connectivity index (χ4v) is 12.4. The monoisotopic (exact) mass is 1160 g/mol. The molecule has 0 radical (unpaired) electrons. The van der Waals surface area contributed by atoms with E-state index in [1.165, 1.54) is 72.4 Å². The molecule has 10 atom stereocenters. The minimum atomic E-state index is -1.83. The van der Waals surface area contributed by atoms with Gasteiger partial charge in [-0.3, -0.25) is 4.79 Å². The summed E-state index contributed by atoms with van der Waals surface area (Å²) >= 11 is 7.17. The first-order valence-corrected chi connectivity index (χ1v) is 31.3. The summed E-state index contributed by atoms with van der Waals surface area (Å²) in [6, 6.07) is 48.5. The first kappa shape index (κ1) is 59.5. The second-order valence-corrected chi connectivity index (χ2v) is 26.9. The predicted molar refractivity (Wildman–Crippen MR) is 299 cm³/mol. The molecule has 0 amide bonds. The van der Waals surface area contributed by atoms with Crippen LogP contribution < -0.4 is 0 Å². The van der Waals surface area contributed by atoms with Crippen molar-refractivity contribution < 1.29 is 80.9 Å². The van der Waals surface area contributed by atoms with Gasteiger partial charge in [0.2, 0.25) is 0 Å². The number of hydrogen-bond acceptors (Lipinski definition) is 18. The molecule has 20 heteroatoms. The van der Waals surface area contributed by atoms with Crippen molar-refractivity contribution in [3.05, 3.63) is 215 Å². The van der Waals surface area contributed by atoms with Crippen LogP contribution in [0.25, 0.3) is 0 Å². The summed E-state index contributed by atoms with van der Waals surface area (Å²) in [5.41, 5.74) is -0.538. The van der Waals surface area contributed by atoms with Crippen molar-refractivity contribution in [1.29, 1.82) is 0 Å². The Morgan fingerprint density at radius 3 is 1.07 bits per heavy atom. The van der Waals surface area contributed by atoms with E-state index in [4.69, 9.17) is 59.0 Å². The molecule has 0 aromatic heterocycles. The van der Waals surface area contributed by atoms with Gasteiger partial charge in [-0.25, -0.2) is 28.8 Å². The van der Waals surface area contributed by atoms with Crippen molar-refractivity contribution >= 4 is 73.2 Å². The molecular formula is C61H59ClO17SSi. The van der Waals surface area contributed by atoms with Gasteiger partial charge in [0.15, 0.2) is 42.9 Å². The van der Waals surface area contributed by atoms with Crippen LogP contribution in [0.1, 0.15) is 62.1 Å². The molecule has 422 valence electrons. The van der Waals surface area contributed by atoms with Crippen molar-refractivity contribution in [2.45, 2.75) is 86.2 Å². The SMILES string of the molecule is C[Si](C)(C)CCS[C@@H]1O[C@H](CO[C@@H]2O[C@H](COC(=O)CCl)[C@H](OC(=O)c3ccccc3)[C@H](OC(=O)c3ccccc3)[C@H]2OC(=O)c2ccccc2)[C@H](OC(=O)c2ccccc2)[C@H](OC(=O)c2ccccc2)[C@H]1OC(=O)c1ccccc1. The molecule has 2 aliphatic rings. The minimum Gasteiger partial charge on any atom is -0.462 e. The third-order valence-electron chi connectivity index (χ3n) is 12.8. The maximum absolute atomic E-state index is 14.4. The quantitative estimate of drug-likeness (QED) is 0.0268. The van der Waals surface area contributed by atoms with Crippen LogP contribution in [0.2, 0.25) is 25.7 Å². The van der Waals surface area contributed by atoms with Crippen molar-refractivity contribution in [2.24, 2.45) is 0 Å². The van der Waals surface area contributed by atoms with Gasteiger partial charge < -0.3 is 47.4 Å². The molecule has 8 rings (SSSR count). The van der Waals surface area contributed by atoms with Crippen LogP contribution in [0.4, 0.5) is 0 Å². The third kappa shape index (κ3) is 16.5. The van der Waals surface area contributed by atoms with Crippen molar-refractivity contribution in [3.63, 3.8) is 0 Å². The molecule has 2 saturated heterocycles. The maximum atomic E-state index is 14.4. The van der Waals surface area contributed by atoms with E-state index in [9.17, 15) is 33.6 Å². The maximum Gasteiger partial charge on any atom is 0.338 e. The number of benzene rings is 6. The summed E-state index contributed by atoms with van der Waals surface area (Å²) in [4.78, 5) is 98.4. The van der Waals surface area contributed by atoms with E-state index in [1.807, 2.05) is 0 Å². The lowest BCUT2D eigenvalue weighted by atomic mass is 9.97. The van der Waals surface area contributed by atoms with E-state index in [2.05, 4.69) is 19.6 Å². The molecule has 17 nitrogen and oxygen atoms in total. The first-order chi connectivity index (χ1) is 39.1. The molecule has 0 saturated carbocycles. The average molecular weight is 1160 g/mol. The summed E-state index contributed by atoms with van der Waals surface area (Å²) in [7, 11) is -1.74. The highest BCUT2D eigenvalue weighted by Gasteiger charge is 2.56. The number of rotatable bonds is 22. The fourth-order valence-electron chi connectivity index (χ4n) is 8.58. The smallest absolute Gasteiger partial charge is 0.338 e. The van der Waals surface area contributed by atoms with E-state index >= 15 is 0 Å². The molecule has 0 N–H and O–H groups in total. The number of hydrogen-bond donors (Lipinski definition) is 0. The molecule has 0 aliphatic carbocycles. The fraction of sp³-hybridized carbons (Fsp3) is 0.295. The molecule has 81 heavy (non-hydrogen) atoms. The summed E-state index contributed by atoms with van der Waals surface area (Å²) in [6.45, 7) is 5.25. The van der Waals surface area contributed by atoms with Crippen LogP contribution in [0, 0.1) is 0 Å². The molecule has 0 spiro atoms. The molecule has 6 aromatic carbocycles. The lowest BCUT2D eigenvalue weighted by molar-refractivity contribution is -0.309. The largest absolute Gasteiger partial charge is 0.462 e. The van der Waals surface area contributed by atoms with Crippen LogP contribution in [0.3, 0.4) is 0 Å². The van der Waals surface area contributed by atoms with E-state index in [0.717, 1.165) is 6.04 Å². The van der Waals surface area contributed by atoms with Crippen LogP contribution in [-0.2, 0) is 52.2 Å². The molecule has 0 unspecified atom stereocenters. The highest BCUT2D eigenvalue weighted by Crippen LogP contribution is 2.38. The van der Waals surface area contributed by atoms with Gasteiger partial charge in [0, 0.05) is 8.07 Å². The summed E-state index contributed by atoms with van der Waals surface area (Å²) in [5.74, 6) is -6.32. The van der Waals surface area contributed by atoms with Gasteiger partial charge in [0.05, 0.1) is 40.0 Å². The standard InChI is InChI=1S/C61H59ClO17SSi/c1-81(2,3)35-34-80-61-53(79-59(69)44-32-20-9-21-33-44)51(77-57(67)42-28-16-7-17-29-42)49(75-55(65)40-24-12-5-13-25-40)46(73-61)38-71-60-52(78-58(68)43-30-18-8-19-31-43)50(76-56(66)41-26-14-6-15-27-41)48(45(72-60)37-70-47(63)36-62)74-54(64)39-22-10-4-11-23-39/h4-33,45-46,48-53,60-61H,34-38H2,1-3H3/t45-,46-,48+,49+,50+,51+,52-,53-,60-,61+/m1/s1. The van der Waals surface area contributed by atoms with Gasteiger partial charge in [-0.15, -0.1) is 23.4 Å². The molecule has 2 heterocycles. The Balaban J connectivity index is 1.24. The lowest BCUT2D eigenvalue weighted by Crippen LogP contribution is -2.64. The molecule has 0 bridgehead atoms. The number of esters is 7. The van der Waals surface area contributed by atoms with Gasteiger partial charge >= 0.3 is 41.8 Å². The van der Waals surface area contributed by atoms with E-state index in [1.54, 1.807) is 121 Å². The lowest BCUT2D eigenvalue weighted by Gasteiger charge is -2.46. The zero-order valence-electron chi connectivity index (χ0n) is 44.4. The molecule has 6 aromatic rings. The molecule has 2 aliphatic heterocycles. The Morgan fingerprint density at radius 1 is 0.420 bits per heavy atom. The van der Waals surface area contributed by atoms with Gasteiger partial charge in [-0.05, 0) is 84.6 Å². The zero-order chi connectivity index (χ0) is 57.3. The third-order valence-corrected chi connectivity index (χ3v) is 16.3. The number of halogens is 1. The number of alkyl halides is 1. The van der Waals surface area contributed by atoms with Gasteiger partial charge in [-0.2, -0.15) is 0 Å². The normalized spacial score (nSPS) is 22.4. The Hall–Kier alpha value is -7.65. The van der Waals surface area contributed by atoms with Crippen molar-refractivity contribution in [2.75, 3.05) is 24.8 Å². The average Bonchev–Trinajstić information content (AvgIpc) is 3.69. The zero-order valence-corrected chi connectivity index (χ0v) is 46.9. The highest BCUT2D eigenvalue weighted by molar-refractivity contribution is 7.99. The van der Waals surface area contributed by atoms with E-state index in [-0.39, 0.29) is 33.4 Å². The van der Waals surface area contributed by atoms with E-state index < -0.39 is 130 Å². The minimum absolute atomic E-state index is 0.0567. The van der Waals surface area contributed by atoms with Crippen molar-refractivity contribution in [1.82, 2.24) is 0 Å². The number of carbonyl (C=O) groups is 7. The summed E-state index contributed by atoms with van der Waals surface area (Å²) in [6.07, 6.45) is -14.8. The highest BCUT2D eigenvalue weighted by atomic mass is 35.5. The Bertz CT molecular complexity index is 3050. The van der Waals surface area contributed by atoms with Crippen LogP contribution >= 0.6 is 23.4 Å². The van der Waals surface area contributed by atoms with Gasteiger partial charge in [-0.1, -0.05) is 129 Å². The molecule has 2 fully saturated rings. The van der Waals surface area contributed by atoms with Crippen LogP contribution in [-0.4, -0.2) is 135 Å². The van der Waals surface area contributed by atoms with Crippen LogP contribution in [0.15, 0.2) is 182 Å². The predicted octanol–water partition coefficient (Wildman–Crippen LogP) is 9.66. The Labute approximate surface area is 478 Å². The number of thioether (sulfide) groups is 1. The Kier molecular flexibility index (Phi) is 21.0.